The number of rotatable bonds is 7. The molecule has 0 amide bonds. The molecule has 0 radical (unpaired) electrons. The summed E-state index contributed by atoms with van der Waals surface area (Å²) in [6, 6.07) is 4.39. The number of likely N-dealkylation sites (tertiary alicyclic amines) is 1. The molecule has 1 aromatic rings. The van der Waals surface area contributed by atoms with Crippen molar-refractivity contribution in [1.29, 1.82) is 0 Å². The van der Waals surface area contributed by atoms with E-state index < -0.39 is 15.8 Å². The van der Waals surface area contributed by atoms with E-state index in [0.717, 1.165) is 25.9 Å². The number of benzene rings is 1. The Bertz CT molecular complexity index is 619. The number of hydrogen-bond acceptors (Lipinski definition) is 3. The molecule has 0 aromatic heterocycles. The largest absolute Gasteiger partial charge is 0.300 e. The van der Waals surface area contributed by atoms with Crippen LogP contribution in [0.3, 0.4) is 0 Å². The molecule has 1 aliphatic heterocycles. The summed E-state index contributed by atoms with van der Waals surface area (Å²) in [5.74, 6) is -0.419. The molecule has 1 aromatic carbocycles. The summed E-state index contributed by atoms with van der Waals surface area (Å²) in [6.07, 6.45) is 5.72. The molecule has 1 N–H and O–H groups in total. The molecule has 1 saturated heterocycles. The number of aryl methyl sites for hydroxylation is 1. The number of piperidine rings is 1. The zero-order chi connectivity index (χ0) is 16.9. The number of nitrogens with zero attached hydrogens (tertiary/aromatic N) is 1. The van der Waals surface area contributed by atoms with Gasteiger partial charge >= 0.3 is 0 Å². The van der Waals surface area contributed by atoms with Gasteiger partial charge in [-0.2, -0.15) is 0 Å². The lowest BCUT2D eigenvalue weighted by Crippen LogP contribution is -2.40. The van der Waals surface area contributed by atoms with E-state index in [4.69, 9.17) is 0 Å². The summed E-state index contributed by atoms with van der Waals surface area (Å²) in [4.78, 5) is 2.63. The van der Waals surface area contributed by atoms with Gasteiger partial charge in [0, 0.05) is 12.6 Å². The predicted molar refractivity (Wildman–Crippen MR) is 90.4 cm³/mol. The highest BCUT2D eigenvalue weighted by molar-refractivity contribution is 7.89. The monoisotopic (exact) mass is 342 g/mol. The van der Waals surface area contributed by atoms with Crippen molar-refractivity contribution >= 4 is 10.0 Å². The van der Waals surface area contributed by atoms with Crippen LogP contribution in [0.2, 0.25) is 0 Å². The average molecular weight is 342 g/mol. The van der Waals surface area contributed by atoms with E-state index in [-0.39, 0.29) is 4.90 Å². The maximum absolute atomic E-state index is 13.1. The molecule has 0 aliphatic carbocycles. The summed E-state index contributed by atoms with van der Waals surface area (Å²) >= 11 is 0. The SMILES string of the molecule is CC[C@H]1CCCCN1CCCNS(=O)(=O)c1ccc(F)cc1C. The summed E-state index contributed by atoms with van der Waals surface area (Å²) in [5, 5.41) is 0. The second-order valence-electron chi connectivity index (χ2n) is 6.25. The van der Waals surface area contributed by atoms with Gasteiger partial charge in [0.1, 0.15) is 5.82 Å². The van der Waals surface area contributed by atoms with Crippen LogP contribution in [-0.4, -0.2) is 39.0 Å². The highest BCUT2D eigenvalue weighted by Gasteiger charge is 2.21. The normalized spacial score (nSPS) is 19.9. The first-order valence-electron chi connectivity index (χ1n) is 8.44. The van der Waals surface area contributed by atoms with Gasteiger partial charge in [0.05, 0.1) is 4.90 Å². The molecular formula is C17H27FN2O2S. The minimum Gasteiger partial charge on any atom is -0.300 e. The summed E-state index contributed by atoms with van der Waals surface area (Å²) < 4.78 is 40.3. The maximum Gasteiger partial charge on any atom is 0.240 e. The van der Waals surface area contributed by atoms with E-state index in [9.17, 15) is 12.8 Å². The van der Waals surface area contributed by atoms with Crippen LogP contribution in [0.15, 0.2) is 23.1 Å². The van der Waals surface area contributed by atoms with Crippen molar-refractivity contribution < 1.29 is 12.8 Å². The van der Waals surface area contributed by atoms with Crippen LogP contribution in [0, 0.1) is 12.7 Å². The quantitative estimate of drug-likeness (QED) is 0.775. The smallest absolute Gasteiger partial charge is 0.240 e. The third kappa shape index (κ3) is 4.99. The Morgan fingerprint density at radius 1 is 1.35 bits per heavy atom. The zero-order valence-electron chi connectivity index (χ0n) is 14.0. The average Bonchev–Trinajstić information content (AvgIpc) is 2.51. The third-order valence-electron chi connectivity index (χ3n) is 4.56. The minimum absolute atomic E-state index is 0.156. The van der Waals surface area contributed by atoms with Gasteiger partial charge in [0.15, 0.2) is 0 Å². The van der Waals surface area contributed by atoms with E-state index in [1.165, 1.54) is 37.5 Å². The Labute approximate surface area is 139 Å². The van der Waals surface area contributed by atoms with Crippen molar-refractivity contribution in [3.05, 3.63) is 29.6 Å². The van der Waals surface area contributed by atoms with E-state index >= 15 is 0 Å². The molecule has 0 saturated carbocycles. The topological polar surface area (TPSA) is 49.4 Å². The van der Waals surface area contributed by atoms with Crippen molar-refractivity contribution in [1.82, 2.24) is 9.62 Å². The predicted octanol–water partition coefficient (Wildman–Crippen LogP) is 3.07. The Balaban J connectivity index is 1.85. The molecule has 1 atom stereocenters. The van der Waals surface area contributed by atoms with Gasteiger partial charge in [0.2, 0.25) is 10.0 Å². The number of halogens is 1. The molecule has 1 fully saturated rings. The molecule has 130 valence electrons. The summed E-state index contributed by atoms with van der Waals surface area (Å²) in [6.45, 7) is 6.26. The van der Waals surface area contributed by atoms with Crippen molar-refractivity contribution in [2.75, 3.05) is 19.6 Å². The first-order chi connectivity index (χ1) is 10.9. The Hall–Kier alpha value is -0.980. The van der Waals surface area contributed by atoms with Crippen LogP contribution >= 0.6 is 0 Å². The van der Waals surface area contributed by atoms with Gasteiger partial charge in [-0.1, -0.05) is 13.3 Å². The minimum atomic E-state index is -3.56. The lowest BCUT2D eigenvalue weighted by atomic mass is 10.00. The Morgan fingerprint density at radius 2 is 2.13 bits per heavy atom. The first kappa shape index (κ1) is 18.4. The van der Waals surface area contributed by atoms with E-state index in [1.807, 2.05) is 0 Å². The fraction of sp³-hybridized carbons (Fsp3) is 0.647. The van der Waals surface area contributed by atoms with Crippen molar-refractivity contribution in [2.45, 2.75) is 56.9 Å². The van der Waals surface area contributed by atoms with Crippen LogP contribution in [0.5, 0.6) is 0 Å². The van der Waals surface area contributed by atoms with Crippen LogP contribution in [0.4, 0.5) is 4.39 Å². The molecule has 1 aliphatic rings. The second-order valence-corrected chi connectivity index (χ2v) is 7.99. The molecule has 0 unspecified atom stereocenters. The van der Waals surface area contributed by atoms with E-state index in [1.54, 1.807) is 6.92 Å². The van der Waals surface area contributed by atoms with Crippen LogP contribution < -0.4 is 4.72 Å². The molecule has 4 nitrogen and oxygen atoms in total. The molecule has 23 heavy (non-hydrogen) atoms. The summed E-state index contributed by atoms with van der Waals surface area (Å²) in [7, 11) is -3.56. The molecular weight excluding hydrogens is 315 g/mol. The van der Waals surface area contributed by atoms with E-state index in [2.05, 4.69) is 16.5 Å². The van der Waals surface area contributed by atoms with Gasteiger partial charge in [-0.25, -0.2) is 17.5 Å². The van der Waals surface area contributed by atoms with Crippen molar-refractivity contribution in [3.8, 4) is 0 Å². The molecule has 6 heteroatoms. The van der Waals surface area contributed by atoms with Crippen molar-refractivity contribution in [2.24, 2.45) is 0 Å². The number of sulfonamides is 1. The van der Waals surface area contributed by atoms with Crippen LogP contribution in [0.25, 0.3) is 0 Å². The maximum atomic E-state index is 13.1. The standard InChI is InChI=1S/C17H27FN2O2S/c1-3-16-7-4-5-11-20(16)12-6-10-19-23(21,22)17-9-8-15(18)13-14(17)2/h8-9,13,16,19H,3-7,10-12H2,1-2H3/t16-/m0/s1. The van der Waals surface area contributed by atoms with Gasteiger partial charge in [0.25, 0.3) is 0 Å². The molecule has 0 bridgehead atoms. The number of hydrogen-bond donors (Lipinski definition) is 1. The van der Waals surface area contributed by atoms with Gasteiger partial charge in [-0.15, -0.1) is 0 Å². The van der Waals surface area contributed by atoms with Gasteiger partial charge in [-0.05, 0) is 69.5 Å². The molecule has 1 heterocycles. The van der Waals surface area contributed by atoms with Crippen LogP contribution in [-0.2, 0) is 10.0 Å². The second kappa shape index (κ2) is 8.22. The lowest BCUT2D eigenvalue weighted by molar-refractivity contribution is 0.143. The molecule has 2 rings (SSSR count). The van der Waals surface area contributed by atoms with E-state index in [0.29, 0.717) is 18.2 Å². The van der Waals surface area contributed by atoms with Crippen molar-refractivity contribution in [3.63, 3.8) is 0 Å². The third-order valence-corrected chi connectivity index (χ3v) is 6.18. The fourth-order valence-electron chi connectivity index (χ4n) is 3.30. The highest BCUT2D eigenvalue weighted by Crippen LogP contribution is 2.19. The fourth-order valence-corrected chi connectivity index (χ4v) is 4.60. The highest BCUT2D eigenvalue weighted by atomic mass is 32.2. The zero-order valence-corrected chi connectivity index (χ0v) is 14.8. The molecule has 0 spiro atoms. The Morgan fingerprint density at radius 3 is 2.83 bits per heavy atom. The van der Waals surface area contributed by atoms with Gasteiger partial charge in [-0.3, -0.25) is 0 Å². The van der Waals surface area contributed by atoms with Crippen LogP contribution in [0.1, 0.15) is 44.6 Å². The first-order valence-corrected chi connectivity index (χ1v) is 9.92. The lowest BCUT2D eigenvalue weighted by Gasteiger charge is -2.35. The Kier molecular flexibility index (Phi) is 6.56. The van der Waals surface area contributed by atoms with Gasteiger partial charge < -0.3 is 4.90 Å². The summed E-state index contributed by atoms with van der Waals surface area (Å²) in [5.41, 5.74) is 0.430. The number of nitrogens with one attached hydrogen (secondary N) is 1.